The summed E-state index contributed by atoms with van der Waals surface area (Å²) in [6.07, 6.45) is 14.0. The van der Waals surface area contributed by atoms with E-state index >= 15 is 0 Å². The molecule has 9 aliphatic carbocycles. The van der Waals surface area contributed by atoms with Crippen molar-refractivity contribution in [3.63, 3.8) is 0 Å². The minimum Gasteiger partial charge on any atom is -0.310 e. The van der Waals surface area contributed by atoms with Gasteiger partial charge in [-0.15, -0.1) is 0 Å². The molecule has 6 aromatic rings. The summed E-state index contributed by atoms with van der Waals surface area (Å²) in [6.45, 7) is 4.94. The molecule has 58 heavy (non-hydrogen) atoms. The fourth-order valence-corrected chi connectivity index (χ4v) is 16.4. The van der Waals surface area contributed by atoms with Gasteiger partial charge >= 0.3 is 0 Å². The quantitative estimate of drug-likeness (QED) is 0.174. The van der Waals surface area contributed by atoms with E-state index in [0.717, 1.165) is 35.5 Å². The van der Waals surface area contributed by atoms with Gasteiger partial charge in [0.15, 0.2) is 0 Å². The highest BCUT2D eigenvalue weighted by atomic mass is 15.1. The fraction of sp³-hybridized carbons (Fsp3) is 0.368. The zero-order valence-corrected chi connectivity index (χ0v) is 34.1. The van der Waals surface area contributed by atoms with Crippen LogP contribution in [-0.4, -0.2) is 0 Å². The Morgan fingerprint density at radius 2 is 1.00 bits per heavy atom. The Labute approximate surface area is 344 Å². The Bertz CT molecular complexity index is 2740. The van der Waals surface area contributed by atoms with Crippen molar-refractivity contribution in [2.24, 2.45) is 35.5 Å². The zero-order valence-electron chi connectivity index (χ0n) is 34.1. The van der Waals surface area contributed by atoms with Crippen molar-refractivity contribution in [2.75, 3.05) is 4.90 Å². The van der Waals surface area contributed by atoms with Gasteiger partial charge in [-0.2, -0.15) is 0 Å². The number of nitrogens with zero attached hydrogens (tertiary/aromatic N) is 1. The van der Waals surface area contributed by atoms with E-state index in [1.54, 1.807) is 22.3 Å². The third kappa shape index (κ3) is 3.91. The molecule has 6 bridgehead atoms. The van der Waals surface area contributed by atoms with Gasteiger partial charge in [-0.05, 0) is 184 Å². The minimum absolute atomic E-state index is 0.111. The van der Waals surface area contributed by atoms with E-state index in [0.29, 0.717) is 0 Å². The molecule has 8 unspecified atom stereocenters. The largest absolute Gasteiger partial charge is 0.310 e. The first-order valence-corrected chi connectivity index (χ1v) is 23.0. The maximum atomic E-state index is 2.74. The molecule has 286 valence electrons. The molecule has 0 saturated heterocycles. The first-order valence-electron chi connectivity index (χ1n) is 23.0. The summed E-state index contributed by atoms with van der Waals surface area (Å²) in [6, 6.07) is 51.0. The second-order valence-corrected chi connectivity index (χ2v) is 20.8. The molecule has 0 heterocycles. The van der Waals surface area contributed by atoms with E-state index < -0.39 is 0 Å². The molecule has 0 aliphatic heterocycles. The Morgan fingerprint density at radius 1 is 0.431 bits per heavy atom. The van der Waals surface area contributed by atoms with Crippen LogP contribution in [-0.2, 0) is 16.2 Å². The van der Waals surface area contributed by atoms with Crippen molar-refractivity contribution in [1.29, 1.82) is 0 Å². The van der Waals surface area contributed by atoms with Crippen LogP contribution in [0, 0.1) is 35.5 Å². The molecule has 6 aromatic carbocycles. The Hall–Kier alpha value is -4.88. The summed E-state index contributed by atoms with van der Waals surface area (Å²) in [4.78, 5) is 2.73. The first kappa shape index (κ1) is 33.0. The molecule has 6 fully saturated rings. The van der Waals surface area contributed by atoms with Crippen LogP contribution in [0.3, 0.4) is 0 Å². The molecular formula is C57H53N. The van der Waals surface area contributed by atoms with Crippen molar-refractivity contribution in [3.8, 4) is 33.4 Å². The molecule has 0 aromatic heterocycles. The Balaban J connectivity index is 1.03. The van der Waals surface area contributed by atoms with Crippen molar-refractivity contribution in [2.45, 2.75) is 94.3 Å². The first-order chi connectivity index (χ1) is 28.4. The van der Waals surface area contributed by atoms with Gasteiger partial charge in [0, 0.05) is 27.6 Å². The third-order valence-electron chi connectivity index (χ3n) is 18.2. The topological polar surface area (TPSA) is 3.24 Å². The van der Waals surface area contributed by atoms with Crippen LogP contribution in [0.15, 0.2) is 127 Å². The van der Waals surface area contributed by atoms with Gasteiger partial charge in [-0.25, -0.2) is 0 Å². The summed E-state index contributed by atoms with van der Waals surface area (Å²) in [5.74, 6) is 4.86. The SMILES string of the molecule is CC1(C)c2ccccc2-c2cccc(N(c3ccc4c(c3)C3(CC5CCC3C5)c3ccccc3-4)c3ccc4c(c3)C3(c5ccccc5-4)C4CCC5CC(C4)CC3C5)c21. The van der Waals surface area contributed by atoms with Crippen molar-refractivity contribution in [1.82, 2.24) is 0 Å². The average Bonchev–Trinajstić information content (AvgIpc) is 4.02. The average molecular weight is 752 g/mol. The molecule has 6 saturated carbocycles. The zero-order chi connectivity index (χ0) is 38.1. The Morgan fingerprint density at radius 3 is 1.76 bits per heavy atom. The summed E-state index contributed by atoms with van der Waals surface area (Å²) >= 11 is 0. The number of benzene rings is 6. The molecule has 0 radical (unpaired) electrons. The highest BCUT2D eigenvalue weighted by Crippen LogP contribution is 2.69. The highest BCUT2D eigenvalue weighted by Gasteiger charge is 2.60. The van der Waals surface area contributed by atoms with E-state index in [4.69, 9.17) is 0 Å². The summed E-state index contributed by atoms with van der Waals surface area (Å²) in [5, 5.41) is 0. The fourth-order valence-electron chi connectivity index (χ4n) is 16.4. The normalized spacial score (nSPS) is 31.6. The van der Waals surface area contributed by atoms with Crippen LogP contribution < -0.4 is 4.90 Å². The predicted molar refractivity (Wildman–Crippen MR) is 238 cm³/mol. The lowest BCUT2D eigenvalue weighted by molar-refractivity contribution is 0.0618. The number of anilines is 3. The van der Waals surface area contributed by atoms with E-state index in [2.05, 4.69) is 146 Å². The molecule has 0 amide bonds. The standard InChI is InChI=1S/C57H53N/c1-55(2)48-14-6-3-12-44(48)47-13-9-17-53(54(47)55)58(40-22-24-45-42-10-4-7-15-49(42)56(51(45)31-40)33-35-19-20-37(56)28-35)41-23-25-46-43-11-5-8-16-50(43)57(52(46)32-41)38-21-18-34-26-36(29-38)30-39(57)27-34/h3-17,22-25,31-32,34-39H,18-21,26-30,33H2,1-2H3. The monoisotopic (exact) mass is 751 g/mol. The summed E-state index contributed by atoms with van der Waals surface area (Å²) in [7, 11) is 0. The number of rotatable bonds is 3. The molecule has 1 heteroatoms. The number of fused-ring (bicyclic) bond motifs is 15. The van der Waals surface area contributed by atoms with E-state index in [9.17, 15) is 0 Å². The van der Waals surface area contributed by atoms with Crippen molar-refractivity contribution in [3.05, 3.63) is 161 Å². The minimum atomic E-state index is -0.132. The lowest BCUT2D eigenvalue weighted by Gasteiger charge is -2.53. The second kappa shape index (κ2) is 11.2. The van der Waals surface area contributed by atoms with Gasteiger partial charge in [0.05, 0.1) is 5.69 Å². The van der Waals surface area contributed by atoms with Crippen LogP contribution in [0.2, 0.25) is 0 Å². The van der Waals surface area contributed by atoms with Gasteiger partial charge < -0.3 is 4.90 Å². The van der Waals surface area contributed by atoms with Crippen LogP contribution in [0.1, 0.15) is 111 Å². The predicted octanol–water partition coefficient (Wildman–Crippen LogP) is 14.7. The summed E-state index contributed by atoms with van der Waals surface area (Å²) in [5.41, 5.74) is 22.2. The van der Waals surface area contributed by atoms with E-state index in [1.165, 1.54) is 126 Å². The Kier molecular flexibility index (Phi) is 6.39. The van der Waals surface area contributed by atoms with Gasteiger partial charge in [-0.1, -0.05) is 124 Å². The maximum Gasteiger partial charge on any atom is 0.0508 e. The third-order valence-corrected chi connectivity index (χ3v) is 18.2. The van der Waals surface area contributed by atoms with Crippen LogP contribution in [0.25, 0.3) is 33.4 Å². The van der Waals surface area contributed by atoms with Crippen LogP contribution in [0.4, 0.5) is 17.1 Å². The molecule has 2 spiro atoms. The lowest BCUT2D eigenvalue weighted by atomic mass is 9.51. The molecule has 8 atom stereocenters. The second-order valence-electron chi connectivity index (χ2n) is 20.8. The lowest BCUT2D eigenvalue weighted by Crippen LogP contribution is -2.48. The molecule has 9 aliphatic rings. The van der Waals surface area contributed by atoms with Gasteiger partial charge in [0.1, 0.15) is 0 Å². The van der Waals surface area contributed by atoms with Crippen LogP contribution >= 0.6 is 0 Å². The van der Waals surface area contributed by atoms with Gasteiger partial charge in [0.25, 0.3) is 0 Å². The van der Waals surface area contributed by atoms with Gasteiger partial charge in [-0.3, -0.25) is 0 Å². The summed E-state index contributed by atoms with van der Waals surface area (Å²) < 4.78 is 0. The van der Waals surface area contributed by atoms with E-state index in [-0.39, 0.29) is 16.2 Å². The molecular weight excluding hydrogens is 699 g/mol. The van der Waals surface area contributed by atoms with Crippen LogP contribution in [0.5, 0.6) is 0 Å². The van der Waals surface area contributed by atoms with E-state index in [1.807, 2.05) is 0 Å². The molecule has 1 nitrogen and oxygen atoms in total. The maximum absolute atomic E-state index is 2.74. The molecule has 15 rings (SSSR count). The van der Waals surface area contributed by atoms with Crippen molar-refractivity contribution >= 4 is 17.1 Å². The number of hydrogen-bond acceptors (Lipinski definition) is 1. The highest BCUT2D eigenvalue weighted by molar-refractivity contribution is 5.93. The van der Waals surface area contributed by atoms with Gasteiger partial charge in [0.2, 0.25) is 0 Å². The molecule has 0 N–H and O–H groups in total. The van der Waals surface area contributed by atoms with Crippen molar-refractivity contribution < 1.29 is 0 Å². The number of hydrogen-bond donors (Lipinski definition) is 0. The smallest absolute Gasteiger partial charge is 0.0508 e.